The van der Waals surface area contributed by atoms with Crippen molar-refractivity contribution in [2.75, 3.05) is 0 Å². The predicted molar refractivity (Wildman–Crippen MR) is 90.4 cm³/mol. The zero-order valence-electron chi connectivity index (χ0n) is 12.2. The van der Waals surface area contributed by atoms with Crippen molar-refractivity contribution in [3.8, 4) is 0 Å². The number of rotatable bonds is 5. The number of nitrogens with zero attached hydrogens (tertiary/aromatic N) is 2. The number of benzene rings is 1. The second-order valence-electron chi connectivity index (χ2n) is 5.17. The summed E-state index contributed by atoms with van der Waals surface area (Å²) in [5.41, 5.74) is 7.83. The average Bonchev–Trinajstić information content (AvgIpc) is 2.66. The summed E-state index contributed by atoms with van der Waals surface area (Å²) in [6.07, 6.45) is 1.81. The highest BCUT2D eigenvalue weighted by Gasteiger charge is 2.15. The molecule has 20 heavy (non-hydrogen) atoms. The summed E-state index contributed by atoms with van der Waals surface area (Å²) in [7, 11) is 1.98. The van der Waals surface area contributed by atoms with Gasteiger partial charge in [-0.3, -0.25) is 16.0 Å². The molecular weight excluding hydrogens is 363 g/mol. The third-order valence-corrected chi connectivity index (χ3v) is 4.46. The first-order valence-electron chi connectivity index (χ1n) is 6.71. The Morgan fingerprint density at radius 1 is 1.25 bits per heavy atom. The lowest BCUT2D eigenvalue weighted by atomic mass is 9.98. The lowest BCUT2D eigenvalue weighted by molar-refractivity contribution is 0.520. The third kappa shape index (κ3) is 3.59. The van der Waals surface area contributed by atoms with Crippen molar-refractivity contribution in [3.63, 3.8) is 0 Å². The van der Waals surface area contributed by atoms with Crippen LogP contribution in [-0.2, 0) is 19.9 Å². The Hall–Kier alpha value is -0.920. The van der Waals surface area contributed by atoms with E-state index in [1.807, 2.05) is 11.7 Å². The maximum absolute atomic E-state index is 5.73. The summed E-state index contributed by atoms with van der Waals surface area (Å²) in [6, 6.07) is 8.80. The van der Waals surface area contributed by atoms with Crippen LogP contribution in [0, 0.1) is 17.4 Å². The van der Waals surface area contributed by atoms with Gasteiger partial charge in [-0.1, -0.05) is 12.1 Å². The molecule has 0 radical (unpaired) electrons. The molecule has 0 aliphatic carbocycles. The fraction of sp³-hybridized carbons (Fsp3) is 0.400. The summed E-state index contributed by atoms with van der Waals surface area (Å²) in [6.45, 7) is 4.16. The molecule has 0 saturated carbocycles. The molecule has 1 aromatic carbocycles. The molecule has 1 aromatic heterocycles. The van der Waals surface area contributed by atoms with Crippen LogP contribution in [0.1, 0.15) is 22.5 Å². The van der Waals surface area contributed by atoms with Crippen LogP contribution < -0.4 is 11.3 Å². The SMILES string of the molecule is Cc1nn(C)c(C)c1CC(Cc1ccc(I)cc1)NN. The van der Waals surface area contributed by atoms with Gasteiger partial charge in [0.2, 0.25) is 0 Å². The van der Waals surface area contributed by atoms with Gasteiger partial charge in [-0.2, -0.15) is 5.10 Å². The van der Waals surface area contributed by atoms with Gasteiger partial charge < -0.3 is 0 Å². The molecule has 0 amide bonds. The molecule has 3 N–H and O–H groups in total. The van der Waals surface area contributed by atoms with Gasteiger partial charge in [-0.05, 0) is 72.5 Å². The van der Waals surface area contributed by atoms with E-state index in [0.29, 0.717) is 0 Å². The van der Waals surface area contributed by atoms with Crippen LogP contribution in [0.3, 0.4) is 0 Å². The van der Waals surface area contributed by atoms with Gasteiger partial charge in [0.1, 0.15) is 0 Å². The van der Waals surface area contributed by atoms with E-state index in [9.17, 15) is 0 Å². The van der Waals surface area contributed by atoms with E-state index in [2.05, 4.69) is 71.2 Å². The lowest BCUT2D eigenvalue weighted by Crippen LogP contribution is -2.38. The molecule has 4 nitrogen and oxygen atoms in total. The smallest absolute Gasteiger partial charge is 0.0628 e. The highest BCUT2D eigenvalue weighted by atomic mass is 127. The van der Waals surface area contributed by atoms with Crippen molar-refractivity contribution in [1.82, 2.24) is 15.2 Å². The van der Waals surface area contributed by atoms with Gasteiger partial charge >= 0.3 is 0 Å². The van der Waals surface area contributed by atoms with E-state index < -0.39 is 0 Å². The summed E-state index contributed by atoms with van der Waals surface area (Å²) in [5, 5.41) is 4.46. The van der Waals surface area contributed by atoms with Crippen LogP contribution >= 0.6 is 22.6 Å². The third-order valence-electron chi connectivity index (χ3n) is 3.74. The normalized spacial score (nSPS) is 12.7. The first kappa shape index (κ1) is 15.5. The highest BCUT2D eigenvalue weighted by molar-refractivity contribution is 14.1. The maximum atomic E-state index is 5.73. The highest BCUT2D eigenvalue weighted by Crippen LogP contribution is 2.16. The molecule has 2 aromatic rings. The largest absolute Gasteiger partial charge is 0.272 e. The van der Waals surface area contributed by atoms with Crippen LogP contribution in [-0.4, -0.2) is 15.8 Å². The molecule has 2 rings (SSSR count). The number of nitrogens with one attached hydrogen (secondary N) is 1. The number of hydrogen-bond acceptors (Lipinski definition) is 3. The van der Waals surface area contributed by atoms with Crippen molar-refractivity contribution in [1.29, 1.82) is 0 Å². The van der Waals surface area contributed by atoms with E-state index in [1.54, 1.807) is 0 Å². The zero-order valence-corrected chi connectivity index (χ0v) is 14.3. The summed E-state index contributed by atoms with van der Waals surface area (Å²) >= 11 is 2.32. The second-order valence-corrected chi connectivity index (χ2v) is 6.42. The van der Waals surface area contributed by atoms with E-state index >= 15 is 0 Å². The second kappa shape index (κ2) is 6.69. The molecule has 1 heterocycles. The number of nitrogens with two attached hydrogens (primary N) is 1. The van der Waals surface area contributed by atoms with Crippen LogP contribution in [0.25, 0.3) is 0 Å². The molecule has 0 aliphatic heterocycles. The number of hydrogen-bond donors (Lipinski definition) is 2. The first-order valence-corrected chi connectivity index (χ1v) is 7.78. The quantitative estimate of drug-likeness (QED) is 0.473. The molecule has 1 unspecified atom stereocenters. The van der Waals surface area contributed by atoms with Crippen LogP contribution in [0.5, 0.6) is 0 Å². The van der Waals surface area contributed by atoms with Crippen molar-refractivity contribution in [3.05, 3.63) is 50.4 Å². The van der Waals surface area contributed by atoms with Crippen molar-refractivity contribution in [2.45, 2.75) is 32.7 Å². The Labute approximate surface area is 133 Å². The van der Waals surface area contributed by atoms with E-state index in [0.717, 1.165) is 18.5 Å². The Balaban J connectivity index is 2.11. The summed E-state index contributed by atoms with van der Waals surface area (Å²) < 4.78 is 3.19. The van der Waals surface area contributed by atoms with E-state index in [-0.39, 0.29) is 6.04 Å². The average molecular weight is 384 g/mol. The summed E-state index contributed by atoms with van der Waals surface area (Å²) in [4.78, 5) is 0. The van der Waals surface area contributed by atoms with Crippen molar-refractivity contribution < 1.29 is 0 Å². The zero-order chi connectivity index (χ0) is 14.7. The Kier molecular flexibility index (Phi) is 5.17. The Morgan fingerprint density at radius 2 is 1.90 bits per heavy atom. The lowest BCUT2D eigenvalue weighted by Gasteiger charge is -2.16. The van der Waals surface area contributed by atoms with Crippen LogP contribution in [0.4, 0.5) is 0 Å². The molecule has 0 aliphatic rings. The van der Waals surface area contributed by atoms with E-state index in [4.69, 9.17) is 5.84 Å². The minimum absolute atomic E-state index is 0.219. The van der Waals surface area contributed by atoms with Gasteiger partial charge in [0.05, 0.1) is 5.69 Å². The Bertz CT molecular complexity index is 574. The van der Waals surface area contributed by atoms with Crippen LogP contribution in [0.15, 0.2) is 24.3 Å². The summed E-state index contributed by atoms with van der Waals surface area (Å²) in [5.74, 6) is 5.73. The first-order chi connectivity index (χ1) is 9.51. The number of aryl methyl sites for hydroxylation is 2. The molecule has 0 bridgehead atoms. The minimum atomic E-state index is 0.219. The molecule has 0 spiro atoms. The standard InChI is InChI=1S/C15H21IN4/c1-10-15(11(2)20(3)19-10)9-14(18-17)8-12-4-6-13(16)7-5-12/h4-7,14,18H,8-9,17H2,1-3H3. The molecule has 0 saturated heterocycles. The number of aromatic nitrogens is 2. The maximum Gasteiger partial charge on any atom is 0.0628 e. The van der Waals surface area contributed by atoms with Crippen molar-refractivity contribution >= 4 is 22.6 Å². The fourth-order valence-electron chi connectivity index (χ4n) is 2.45. The number of hydrazine groups is 1. The molecule has 108 valence electrons. The molecule has 5 heteroatoms. The molecule has 1 atom stereocenters. The monoisotopic (exact) mass is 384 g/mol. The predicted octanol–water partition coefficient (Wildman–Crippen LogP) is 2.26. The topological polar surface area (TPSA) is 55.9 Å². The Morgan fingerprint density at radius 3 is 2.40 bits per heavy atom. The number of halogens is 1. The van der Waals surface area contributed by atoms with Gasteiger partial charge in [0, 0.05) is 22.4 Å². The fourth-order valence-corrected chi connectivity index (χ4v) is 2.81. The van der Waals surface area contributed by atoms with E-state index in [1.165, 1.54) is 20.4 Å². The van der Waals surface area contributed by atoms with Crippen molar-refractivity contribution in [2.24, 2.45) is 12.9 Å². The minimum Gasteiger partial charge on any atom is -0.272 e. The van der Waals surface area contributed by atoms with Gasteiger partial charge in [0.25, 0.3) is 0 Å². The van der Waals surface area contributed by atoms with Gasteiger partial charge in [-0.25, -0.2) is 0 Å². The van der Waals surface area contributed by atoms with Gasteiger partial charge in [0.15, 0.2) is 0 Å². The van der Waals surface area contributed by atoms with Crippen LogP contribution in [0.2, 0.25) is 0 Å². The van der Waals surface area contributed by atoms with Gasteiger partial charge in [-0.15, -0.1) is 0 Å². The molecule has 0 fully saturated rings. The molecular formula is C15H21IN4.